The molecule has 2 aromatic carbocycles. The Bertz CT molecular complexity index is 1330. The minimum Gasteiger partial charge on any atom is -0.311 e. The van der Waals surface area contributed by atoms with Crippen LogP contribution < -0.4 is 10.5 Å². The lowest BCUT2D eigenvalue weighted by molar-refractivity contribution is -0.116. The van der Waals surface area contributed by atoms with Gasteiger partial charge in [-0.15, -0.1) is 11.3 Å². The number of thioether (sulfide) groups is 1. The lowest BCUT2D eigenvalue weighted by Crippen LogP contribution is -2.36. The van der Waals surface area contributed by atoms with Gasteiger partial charge < -0.3 is 4.90 Å². The summed E-state index contributed by atoms with van der Waals surface area (Å²) >= 11 is 2.74. The first-order valence-corrected chi connectivity index (χ1v) is 12.0. The minimum absolute atomic E-state index is 0.0418. The van der Waals surface area contributed by atoms with E-state index in [9.17, 15) is 9.59 Å². The van der Waals surface area contributed by atoms with Gasteiger partial charge in [-0.1, -0.05) is 60.3 Å². The predicted molar refractivity (Wildman–Crippen MR) is 128 cm³/mol. The Hall–Kier alpha value is -2.90. The minimum atomic E-state index is -0.0737. The SMILES string of the molecule is Cn1c(SCC(=O)N2CCCc3ccccc32)nc2c(-c3ccccc3)csc2c1=O. The normalized spacial score (nSPS) is 13.4. The number of nitrogens with zero attached hydrogens (tertiary/aromatic N) is 3. The van der Waals surface area contributed by atoms with Crippen LogP contribution in [0.4, 0.5) is 5.69 Å². The third-order valence-corrected chi connectivity index (χ3v) is 7.55. The second-order valence-electron chi connectivity index (χ2n) is 7.52. The topological polar surface area (TPSA) is 55.2 Å². The number of carbonyl (C=O) groups excluding carboxylic acids is 1. The summed E-state index contributed by atoms with van der Waals surface area (Å²) in [4.78, 5) is 32.6. The number of rotatable bonds is 4. The molecule has 0 fully saturated rings. The molecule has 4 aromatic rings. The van der Waals surface area contributed by atoms with Crippen LogP contribution in [0.5, 0.6) is 0 Å². The van der Waals surface area contributed by atoms with Crippen LogP contribution in [-0.4, -0.2) is 27.8 Å². The lowest BCUT2D eigenvalue weighted by atomic mass is 10.0. The highest BCUT2D eigenvalue weighted by atomic mass is 32.2. The first-order chi connectivity index (χ1) is 15.1. The zero-order chi connectivity index (χ0) is 21.4. The molecule has 7 heteroatoms. The van der Waals surface area contributed by atoms with Crippen LogP contribution in [0.2, 0.25) is 0 Å². The van der Waals surface area contributed by atoms with Crippen molar-refractivity contribution in [2.24, 2.45) is 7.05 Å². The van der Waals surface area contributed by atoms with E-state index in [0.717, 1.165) is 36.2 Å². The summed E-state index contributed by atoms with van der Waals surface area (Å²) in [6, 6.07) is 18.0. The van der Waals surface area contributed by atoms with Gasteiger partial charge in [-0.2, -0.15) is 0 Å². The third kappa shape index (κ3) is 3.68. The Morgan fingerprint density at radius 1 is 1.13 bits per heavy atom. The van der Waals surface area contributed by atoms with Crippen molar-refractivity contribution in [2.45, 2.75) is 18.0 Å². The summed E-state index contributed by atoms with van der Waals surface area (Å²) in [6.07, 6.45) is 1.96. The Morgan fingerprint density at radius 2 is 1.90 bits per heavy atom. The summed E-state index contributed by atoms with van der Waals surface area (Å²) in [7, 11) is 1.72. The number of aryl methyl sites for hydroxylation is 1. The van der Waals surface area contributed by atoms with Gasteiger partial charge in [0.05, 0.1) is 11.3 Å². The monoisotopic (exact) mass is 447 g/mol. The zero-order valence-electron chi connectivity index (χ0n) is 17.1. The van der Waals surface area contributed by atoms with Crippen molar-refractivity contribution in [3.63, 3.8) is 0 Å². The molecule has 5 nitrogen and oxygen atoms in total. The number of fused-ring (bicyclic) bond motifs is 2. The molecule has 0 atom stereocenters. The van der Waals surface area contributed by atoms with Gasteiger partial charge in [0.15, 0.2) is 5.16 Å². The highest BCUT2D eigenvalue weighted by molar-refractivity contribution is 7.99. The number of hydrogen-bond acceptors (Lipinski definition) is 5. The quantitative estimate of drug-likeness (QED) is 0.335. The molecule has 2 aromatic heterocycles. The molecule has 0 saturated carbocycles. The van der Waals surface area contributed by atoms with Gasteiger partial charge in [-0.3, -0.25) is 14.2 Å². The molecule has 3 heterocycles. The number of hydrogen-bond donors (Lipinski definition) is 0. The second kappa shape index (κ2) is 8.32. The van der Waals surface area contributed by atoms with Crippen LogP contribution in [0.25, 0.3) is 21.3 Å². The Kier molecular flexibility index (Phi) is 5.38. The smallest absolute Gasteiger partial charge is 0.271 e. The summed E-state index contributed by atoms with van der Waals surface area (Å²) < 4.78 is 2.19. The van der Waals surface area contributed by atoms with Crippen molar-refractivity contribution < 1.29 is 4.79 Å². The fourth-order valence-electron chi connectivity index (χ4n) is 3.97. The highest BCUT2D eigenvalue weighted by Crippen LogP contribution is 2.32. The highest BCUT2D eigenvalue weighted by Gasteiger charge is 2.23. The molecule has 31 heavy (non-hydrogen) atoms. The van der Waals surface area contributed by atoms with Crippen LogP contribution in [-0.2, 0) is 18.3 Å². The number of para-hydroxylation sites is 1. The Labute approximate surface area is 188 Å². The molecule has 5 rings (SSSR count). The molecule has 0 bridgehead atoms. The van der Waals surface area contributed by atoms with Crippen molar-refractivity contribution in [1.82, 2.24) is 9.55 Å². The number of carbonyl (C=O) groups is 1. The molecule has 0 unspecified atom stereocenters. The summed E-state index contributed by atoms with van der Waals surface area (Å²) in [5, 5.41) is 2.55. The van der Waals surface area contributed by atoms with Crippen molar-refractivity contribution >= 4 is 44.9 Å². The van der Waals surface area contributed by atoms with Crippen LogP contribution in [0, 0.1) is 0 Å². The van der Waals surface area contributed by atoms with E-state index < -0.39 is 0 Å². The Balaban J connectivity index is 1.44. The average molecular weight is 448 g/mol. The maximum atomic E-state index is 13.0. The number of anilines is 1. The second-order valence-corrected chi connectivity index (χ2v) is 9.34. The van der Waals surface area contributed by atoms with E-state index in [0.29, 0.717) is 15.4 Å². The van der Waals surface area contributed by atoms with Gasteiger partial charge in [0.1, 0.15) is 4.70 Å². The molecule has 0 spiro atoms. The number of aromatic nitrogens is 2. The molecule has 1 amide bonds. The van der Waals surface area contributed by atoms with Gasteiger partial charge in [0.2, 0.25) is 5.91 Å². The lowest BCUT2D eigenvalue weighted by Gasteiger charge is -2.29. The molecular weight excluding hydrogens is 426 g/mol. The van der Waals surface area contributed by atoms with E-state index in [1.54, 1.807) is 11.6 Å². The van der Waals surface area contributed by atoms with Crippen molar-refractivity contribution in [3.8, 4) is 11.1 Å². The van der Waals surface area contributed by atoms with Crippen LogP contribution in [0.15, 0.2) is 69.9 Å². The van der Waals surface area contributed by atoms with Crippen LogP contribution in [0.1, 0.15) is 12.0 Å². The van der Waals surface area contributed by atoms with E-state index in [4.69, 9.17) is 4.98 Å². The molecule has 1 aliphatic heterocycles. The fourth-order valence-corrected chi connectivity index (χ4v) is 5.80. The van der Waals surface area contributed by atoms with Gasteiger partial charge in [0.25, 0.3) is 5.56 Å². The molecule has 0 aliphatic carbocycles. The molecule has 0 saturated heterocycles. The first kappa shape index (κ1) is 20.0. The number of amides is 1. The Morgan fingerprint density at radius 3 is 2.74 bits per heavy atom. The van der Waals surface area contributed by atoms with Gasteiger partial charge in [-0.05, 0) is 30.0 Å². The van der Waals surface area contributed by atoms with Crippen LogP contribution in [0.3, 0.4) is 0 Å². The molecule has 156 valence electrons. The predicted octanol–water partition coefficient (Wildman–Crippen LogP) is 4.73. The first-order valence-electron chi connectivity index (χ1n) is 10.2. The summed E-state index contributed by atoms with van der Waals surface area (Å²) in [6.45, 7) is 0.727. The number of thiophene rings is 1. The van der Waals surface area contributed by atoms with Crippen molar-refractivity contribution in [1.29, 1.82) is 0 Å². The average Bonchev–Trinajstić information content (AvgIpc) is 3.24. The summed E-state index contributed by atoms with van der Waals surface area (Å²) in [5.74, 6) is 0.283. The fraction of sp³-hybridized carbons (Fsp3) is 0.208. The number of benzene rings is 2. The molecule has 0 radical (unpaired) electrons. The third-order valence-electron chi connectivity index (χ3n) is 5.58. The van der Waals surface area contributed by atoms with Crippen molar-refractivity contribution in [2.75, 3.05) is 17.2 Å². The standard InChI is InChI=1S/C24H21N3O2S2/c1-26-23(29)22-21(18(14-30-22)16-8-3-2-4-9-16)25-24(26)31-15-20(28)27-13-7-11-17-10-5-6-12-19(17)27/h2-6,8-10,12,14H,7,11,13,15H2,1H3. The van der Waals surface area contributed by atoms with Crippen molar-refractivity contribution in [3.05, 3.63) is 75.9 Å². The van der Waals surface area contributed by atoms with Gasteiger partial charge >= 0.3 is 0 Å². The van der Waals surface area contributed by atoms with E-state index in [1.807, 2.05) is 58.8 Å². The zero-order valence-corrected chi connectivity index (χ0v) is 18.7. The van der Waals surface area contributed by atoms with E-state index in [2.05, 4.69) is 6.07 Å². The van der Waals surface area contributed by atoms with Gasteiger partial charge in [-0.25, -0.2) is 4.98 Å². The van der Waals surface area contributed by atoms with E-state index in [1.165, 1.54) is 28.7 Å². The largest absolute Gasteiger partial charge is 0.311 e. The molecule has 0 N–H and O–H groups in total. The van der Waals surface area contributed by atoms with E-state index in [-0.39, 0.29) is 17.2 Å². The molecular formula is C24H21N3O2S2. The van der Waals surface area contributed by atoms with Crippen LogP contribution >= 0.6 is 23.1 Å². The maximum Gasteiger partial charge on any atom is 0.271 e. The summed E-state index contributed by atoms with van der Waals surface area (Å²) in [5.41, 5.74) is 4.83. The van der Waals surface area contributed by atoms with E-state index >= 15 is 0 Å². The van der Waals surface area contributed by atoms with Gasteiger partial charge in [0, 0.05) is 30.2 Å². The maximum absolute atomic E-state index is 13.0. The molecule has 1 aliphatic rings.